The topological polar surface area (TPSA) is 69.7 Å². The zero-order valence-corrected chi connectivity index (χ0v) is 15.4. The zero-order valence-electron chi connectivity index (χ0n) is 14.5. The number of allylic oxidation sites excluding steroid dienone is 2. The SMILES string of the molecule is COP(=O)(CC(=O)C=CCCCCCCCCCCC=O)OC. The molecule has 0 atom stereocenters. The van der Waals surface area contributed by atoms with Crippen LogP contribution in [0.15, 0.2) is 12.2 Å². The molecule has 0 saturated heterocycles. The van der Waals surface area contributed by atoms with Gasteiger partial charge >= 0.3 is 7.60 Å². The second kappa shape index (κ2) is 14.8. The van der Waals surface area contributed by atoms with E-state index in [0.29, 0.717) is 6.42 Å². The normalized spacial score (nSPS) is 11.9. The summed E-state index contributed by atoms with van der Waals surface area (Å²) >= 11 is 0. The molecule has 0 aromatic heterocycles. The molecular weight excluding hydrogens is 315 g/mol. The number of carbonyl (C=O) groups excluding carboxylic acids is 2. The number of hydrogen-bond donors (Lipinski definition) is 0. The van der Waals surface area contributed by atoms with Crippen LogP contribution in [0.1, 0.15) is 64.2 Å². The van der Waals surface area contributed by atoms with E-state index in [-0.39, 0.29) is 11.9 Å². The molecule has 0 bridgehead atoms. The Bertz CT molecular complexity index is 384. The van der Waals surface area contributed by atoms with Crippen LogP contribution in [-0.2, 0) is 23.2 Å². The van der Waals surface area contributed by atoms with E-state index in [2.05, 4.69) is 0 Å². The average molecular weight is 346 g/mol. The van der Waals surface area contributed by atoms with E-state index in [1.165, 1.54) is 46.0 Å². The lowest BCUT2D eigenvalue weighted by Crippen LogP contribution is -2.04. The highest BCUT2D eigenvalue weighted by atomic mass is 31.2. The second-order valence-corrected chi connectivity index (χ2v) is 7.84. The molecule has 23 heavy (non-hydrogen) atoms. The van der Waals surface area contributed by atoms with Crippen LogP contribution in [0.25, 0.3) is 0 Å². The number of rotatable bonds is 16. The monoisotopic (exact) mass is 346 g/mol. The van der Waals surface area contributed by atoms with E-state index in [4.69, 9.17) is 9.05 Å². The summed E-state index contributed by atoms with van der Waals surface area (Å²) in [4.78, 5) is 21.8. The van der Waals surface area contributed by atoms with E-state index in [9.17, 15) is 14.2 Å². The molecule has 0 aliphatic rings. The van der Waals surface area contributed by atoms with Gasteiger partial charge in [-0.15, -0.1) is 0 Å². The van der Waals surface area contributed by atoms with Gasteiger partial charge in [-0.25, -0.2) is 0 Å². The van der Waals surface area contributed by atoms with Crippen molar-refractivity contribution >= 4 is 19.7 Å². The maximum Gasteiger partial charge on any atom is 0.337 e. The minimum absolute atomic E-state index is 0.208. The zero-order chi connectivity index (χ0) is 17.4. The lowest BCUT2D eigenvalue weighted by atomic mass is 10.1. The highest BCUT2D eigenvalue weighted by molar-refractivity contribution is 7.54. The minimum atomic E-state index is -3.24. The molecule has 0 unspecified atom stereocenters. The molecule has 134 valence electrons. The Balaban J connectivity index is 3.52. The number of aldehydes is 1. The quantitative estimate of drug-likeness (QED) is 0.175. The van der Waals surface area contributed by atoms with Crippen molar-refractivity contribution in [3.05, 3.63) is 12.2 Å². The molecule has 0 rings (SSSR count). The lowest BCUT2D eigenvalue weighted by Gasteiger charge is -2.10. The molecular formula is C17H31O5P. The van der Waals surface area contributed by atoms with Crippen LogP contribution < -0.4 is 0 Å². The summed E-state index contributed by atoms with van der Waals surface area (Å²) < 4.78 is 21.2. The third-order valence-corrected chi connectivity index (χ3v) is 5.46. The van der Waals surface area contributed by atoms with Crippen molar-refractivity contribution in [1.29, 1.82) is 0 Å². The molecule has 0 amide bonds. The van der Waals surface area contributed by atoms with Gasteiger partial charge < -0.3 is 13.8 Å². The van der Waals surface area contributed by atoms with Crippen molar-refractivity contribution in [2.45, 2.75) is 64.2 Å². The number of ketones is 1. The van der Waals surface area contributed by atoms with Crippen LogP contribution in [0.3, 0.4) is 0 Å². The standard InChI is InChI=1S/C17H31O5P/c1-21-23(20,22-2)16-17(19)14-12-10-8-6-4-3-5-7-9-11-13-15-18/h12,14-15H,3-11,13,16H2,1-2H3. The highest BCUT2D eigenvalue weighted by Crippen LogP contribution is 2.45. The van der Waals surface area contributed by atoms with Gasteiger partial charge in [0.1, 0.15) is 12.4 Å². The first kappa shape index (κ1) is 22.2. The first-order valence-electron chi connectivity index (χ1n) is 8.41. The van der Waals surface area contributed by atoms with E-state index < -0.39 is 7.60 Å². The Labute approximate surface area is 140 Å². The predicted molar refractivity (Wildman–Crippen MR) is 92.9 cm³/mol. The van der Waals surface area contributed by atoms with E-state index in [1.807, 2.05) is 6.08 Å². The predicted octanol–water partition coefficient (Wildman–Crippen LogP) is 4.70. The molecule has 0 N–H and O–H groups in total. The summed E-state index contributed by atoms with van der Waals surface area (Å²) in [5.74, 6) is -0.229. The fourth-order valence-corrected chi connectivity index (χ4v) is 3.11. The Morgan fingerprint density at radius 3 is 1.83 bits per heavy atom. The average Bonchev–Trinajstić information content (AvgIpc) is 2.55. The van der Waals surface area contributed by atoms with Gasteiger partial charge in [-0.3, -0.25) is 9.36 Å². The van der Waals surface area contributed by atoms with Crippen molar-refractivity contribution in [2.24, 2.45) is 0 Å². The Hall–Kier alpha value is -0.770. The van der Waals surface area contributed by atoms with Crippen molar-refractivity contribution in [3.63, 3.8) is 0 Å². The van der Waals surface area contributed by atoms with Gasteiger partial charge in [0, 0.05) is 20.6 Å². The first-order valence-corrected chi connectivity index (χ1v) is 10.1. The van der Waals surface area contributed by atoms with Crippen LogP contribution >= 0.6 is 7.60 Å². The van der Waals surface area contributed by atoms with E-state index in [0.717, 1.165) is 38.4 Å². The van der Waals surface area contributed by atoms with Gasteiger partial charge in [0.2, 0.25) is 0 Å². The molecule has 0 radical (unpaired) electrons. The van der Waals surface area contributed by atoms with E-state index in [1.54, 1.807) is 0 Å². The summed E-state index contributed by atoms with van der Waals surface area (Å²) in [6.45, 7) is 0. The molecule has 6 heteroatoms. The largest absolute Gasteiger partial charge is 0.337 e. The van der Waals surface area contributed by atoms with Crippen molar-refractivity contribution in [3.8, 4) is 0 Å². The van der Waals surface area contributed by atoms with Crippen LogP contribution in [-0.4, -0.2) is 32.5 Å². The maximum absolute atomic E-state index is 11.8. The minimum Gasteiger partial charge on any atom is -0.312 e. The summed E-state index contributed by atoms with van der Waals surface area (Å²) in [7, 11) is -0.679. The molecule has 0 heterocycles. The van der Waals surface area contributed by atoms with Crippen LogP contribution in [0.4, 0.5) is 0 Å². The van der Waals surface area contributed by atoms with E-state index >= 15 is 0 Å². The van der Waals surface area contributed by atoms with Crippen molar-refractivity contribution in [2.75, 3.05) is 20.4 Å². The van der Waals surface area contributed by atoms with Crippen molar-refractivity contribution in [1.82, 2.24) is 0 Å². The first-order chi connectivity index (χ1) is 11.1. The summed E-state index contributed by atoms with van der Waals surface area (Å²) in [6, 6.07) is 0. The molecule has 5 nitrogen and oxygen atoms in total. The molecule has 0 aromatic rings. The number of unbranched alkanes of at least 4 members (excludes halogenated alkanes) is 9. The number of carbonyl (C=O) groups is 2. The Kier molecular flexibility index (Phi) is 14.3. The molecule has 0 aromatic carbocycles. The smallest absolute Gasteiger partial charge is 0.312 e. The van der Waals surface area contributed by atoms with Crippen LogP contribution in [0.2, 0.25) is 0 Å². The van der Waals surface area contributed by atoms with Gasteiger partial charge in [-0.05, 0) is 25.3 Å². The summed E-state index contributed by atoms with van der Waals surface area (Å²) in [6.07, 6.45) is 14.9. The third-order valence-electron chi connectivity index (χ3n) is 3.65. The molecule has 0 aliphatic heterocycles. The van der Waals surface area contributed by atoms with Crippen LogP contribution in [0.5, 0.6) is 0 Å². The molecule has 0 aliphatic carbocycles. The summed E-state index contributed by atoms with van der Waals surface area (Å²) in [5, 5.41) is 0. The highest BCUT2D eigenvalue weighted by Gasteiger charge is 2.23. The fraction of sp³-hybridized carbons (Fsp3) is 0.765. The van der Waals surface area contributed by atoms with Crippen LogP contribution in [0, 0.1) is 0 Å². The third kappa shape index (κ3) is 13.4. The molecule has 0 fully saturated rings. The van der Waals surface area contributed by atoms with Gasteiger partial charge in [0.25, 0.3) is 0 Å². The fourth-order valence-electron chi connectivity index (χ4n) is 2.21. The van der Waals surface area contributed by atoms with Gasteiger partial charge in [-0.2, -0.15) is 0 Å². The lowest BCUT2D eigenvalue weighted by molar-refractivity contribution is -0.112. The number of hydrogen-bond acceptors (Lipinski definition) is 5. The van der Waals surface area contributed by atoms with Gasteiger partial charge in [-0.1, -0.05) is 44.6 Å². The summed E-state index contributed by atoms with van der Waals surface area (Å²) in [5.41, 5.74) is 0. The van der Waals surface area contributed by atoms with Gasteiger partial charge in [0.15, 0.2) is 5.78 Å². The Morgan fingerprint density at radius 1 is 0.870 bits per heavy atom. The molecule has 0 saturated carbocycles. The van der Waals surface area contributed by atoms with Crippen molar-refractivity contribution < 1.29 is 23.2 Å². The second-order valence-electron chi connectivity index (χ2n) is 5.58. The van der Waals surface area contributed by atoms with Gasteiger partial charge in [0.05, 0.1) is 0 Å². The maximum atomic E-state index is 11.8. The molecule has 0 spiro atoms. The Morgan fingerprint density at radius 2 is 1.35 bits per heavy atom.